The molecule has 2 aromatic rings. The summed E-state index contributed by atoms with van der Waals surface area (Å²) in [6.45, 7) is 5.96. The van der Waals surface area contributed by atoms with Gasteiger partial charge in [0.05, 0.1) is 11.1 Å². The fourth-order valence-electron chi connectivity index (χ4n) is 3.16. The van der Waals surface area contributed by atoms with Gasteiger partial charge >= 0.3 is 0 Å². The lowest BCUT2D eigenvalue weighted by molar-refractivity contribution is -0.118. The Kier molecular flexibility index (Phi) is 4.40. The van der Waals surface area contributed by atoms with E-state index in [0.29, 0.717) is 11.1 Å². The minimum absolute atomic E-state index is 0.138. The molecule has 5 nitrogen and oxygen atoms in total. The molecule has 0 saturated heterocycles. The molecule has 1 aliphatic rings. The molecule has 2 aromatic carbocycles. The van der Waals surface area contributed by atoms with Gasteiger partial charge in [0.15, 0.2) is 0 Å². The molecule has 0 N–H and O–H groups in total. The number of hydrogen-bond donors (Lipinski definition) is 0. The number of nitrogens with zero attached hydrogens (tertiary/aromatic N) is 2. The topological polar surface area (TPSA) is 57.7 Å². The maximum absolute atomic E-state index is 12.8. The van der Waals surface area contributed by atoms with Crippen LogP contribution in [0, 0.1) is 0 Å². The molecule has 1 heterocycles. The number of carbonyl (C=O) groups is 3. The standard InChI is InChI=1S/C21H22N2O3/c1-21(2,3)16-11-7-8-12-17(16)22(4)18(24)13-23-19(25)14-9-5-6-10-15(14)20(23)26/h5-12H,13H2,1-4H3. The van der Waals surface area contributed by atoms with Gasteiger partial charge in [0.2, 0.25) is 5.91 Å². The zero-order valence-corrected chi connectivity index (χ0v) is 15.4. The average Bonchev–Trinajstić information content (AvgIpc) is 2.85. The molecule has 3 rings (SSSR count). The summed E-state index contributed by atoms with van der Waals surface area (Å²) in [5.41, 5.74) is 2.37. The average molecular weight is 350 g/mol. The molecule has 0 aliphatic carbocycles. The third-order valence-corrected chi connectivity index (χ3v) is 4.62. The van der Waals surface area contributed by atoms with E-state index in [4.69, 9.17) is 0 Å². The van der Waals surface area contributed by atoms with Gasteiger partial charge < -0.3 is 4.90 Å². The van der Waals surface area contributed by atoms with Crippen LogP contribution in [-0.2, 0) is 10.2 Å². The second-order valence-electron chi connectivity index (χ2n) is 7.46. The number of amides is 3. The molecule has 0 spiro atoms. The molecule has 0 bridgehead atoms. The first kappa shape index (κ1) is 17.9. The minimum Gasteiger partial charge on any atom is -0.314 e. The summed E-state index contributed by atoms with van der Waals surface area (Å²) in [6.07, 6.45) is 0. The highest BCUT2D eigenvalue weighted by atomic mass is 16.2. The largest absolute Gasteiger partial charge is 0.314 e. The van der Waals surface area contributed by atoms with Gasteiger partial charge in [-0.2, -0.15) is 0 Å². The predicted octanol–water partition coefficient (Wildman–Crippen LogP) is 3.24. The molecule has 0 fully saturated rings. The molecule has 0 atom stereocenters. The Hall–Kier alpha value is -2.95. The van der Waals surface area contributed by atoms with E-state index in [0.717, 1.165) is 16.2 Å². The third kappa shape index (κ3) is 3.01. The Morgan fingerprint density at radius 1 is 0.923 bits per heavy atom. The van der Waals surface area contributed by atoms with Crippen LogP contribution in [0.25, 0.3) is 0 Å². The second kappa shape index (κ2) is 6.41. The van der Waals surface area contributed by atoms with Crippen molar-refractivity contribution in [3.8, 4) is 0 Å². The van der Waals surface area contributed by atoms with Gasteiger partial charge in [-0.3, -0.25) is 19.3 Å². The van der Waals surface area contributed by atoms with E-state index in [2.05, 4.69) is 20.8 Å². The first-order chi connectivity index (χ1) is 12.2. The number of para-hydroxylation sites is 1. The highest BCUT2D eigenvalue weighted by molar-refractivity contribution is 6.22. The van der Waals surface area contributed by atoms with Crippen molar-refractivity contribution in [3.63, 3.8) is 0 Å². The van der Waals surface area contributed by atoms with Crippen molar-refractivity contribution in [1.82, 2.24) is 4.90 Å². The molecule has 0 aromatic heterocycles. The number of anilines is 1. The zero-order valence-electron chi connectivity index (χ0n) is 15.4. The number of rotatable bonds is 3. The van der Waals surface area contributed by atoms with Gasteiger partial charge in [-0.15, -0.1) is 0 Å². The van der Waals surface area contributed by atoms with Crippen LogP contribution in [0.4, 0.5) is 5.69 Å². The Labute approximate surface area is 153 Å². The number of likely N-dealkylation sites (N-methyl/N-ethyl adjacent to an activating group) is 1. The highest BCUT2D eigenvalue weighted by Gasteiger charge is 2.37. The number of imide groups is 1. The van der Waals surface area contributed by atoms with Crippen LogP contribution in [0.1, 0.15) is 47.1 Å². The lowest BCUT2D eigenvalue weighted by Crippen LogP contribution is -2.41. The summed E-state index contributed by atoms with van der Waals surface area (Å²) < 4.78 is 0. The van der Waals surface area contributed by atoms with Gasteiger partial charge in [-0.25, -0.2) is 0 Å². The van der Waals surface area contributed by atoms with Crippen LogP contribution in [0.2, 0.25) is 0 Å². The van der Waals surface area contributed by atoms with Crippen LogP contribution in [0.3, 0.4) is 0 Å². The summed E-state index contributed by atoms with van der Waals surface area (Å²) >= 11 is 0. The maximum Gasteiger partial charge on any atom is 0.262 e. The van der Waals surface area contributed by atoms with Gasteiger partial charge in [-0.05, 0) is 29.2 Å². The predicted molar refractivity (Wildman–Crippen MR) is 100 cm³/mol. The number of carbonyl (C=O) groups excluding carboxylic acids is 3. The molecular formula is C21H22N2O3. The lowest BCUT2D eigenvalue weighted by atomic mass is 9.85. The fraction of sp³-hybridized carbons (Fsp3) is 0.286. The number of fused-ring (bicyclic) bond motifs is 1. The summed E-state index contributed by atoms with van der Waals surface area (Å²) in [7, 11) is 1.67. The van der Waals surface area contributed by atoms with E-state index >= 15 is 0 Å². The number of benzene rings is 2. The van der Waals surface area contributed by atoms with Crippen molar-refractivity contribution < 1.29 is 14.4 Å². The summed E-state index contributed by atoms with van der Waals surface area (Å²) in [4.78, 5) is 40.3. The quantitative estimate of drug-likeness (QED) is 0.799. The SMILES string of the molecule is CN(C(=O)CN1C(=O)c2ccccc2C1=O)c1ccccc1C(C)(C)C. The van der Waals surface area contributed by atoms with Crippen molar-refractivity contribution in [2.24, 2.45) is 0 Å². The van der Waals surface area contributed by atoms with E-state index < -0.39 is 11.8 Å². The van der Waals surface area contributed by atoms with Crippen molar-refractivity contribution >= 4 is 23.4 Å². The smallest absolute Gasteiger partial charge is 0.262 e. The van der Waals surface area contributed by atoms with Crippen LogP contribution < -0.4 is 4.90 Å². The van der Waals surface area contributed by atoms with Crippen LogP contribution in [0.5, 0.6) is 0 Å². The molecule has 0 saturated carbocycles. The Bertz CT molecular complexity index is 861. The first-order valence-electron chi connectivity index (χ1n) is 8.53. The molecule has 1 aliphatic heterocycles. The zero-order chi connectivity index (χ0) is 19.1. The monoisotopic (exact) mass is 350 g/mol. The molecule has 0 unspecified atom stereocenters. The Balaban J connectivity index is 1.84. The van der Waals surface area contributed by atoms with E-state index in [1.165, 1.54) is 4.90 Å². The van der Waals surface area contributed by atoms with Crippen molar-refractivity contribution in [3.05, 3.63) is 65.2 Å². The van der Waals surface area contributed by atoms with E-state index in [1.54, 1.807) is 31.3 Å². The fourth-order valence-corrected chi connectivity index (χ4v) is 3.16. The van der Waals surface area contributed by atoms with E-state index in [-0.39, 0.29) is 17.9 Å². The molecule has 0 radical (unpaired) electrons. The number of hydrogen-bond acceptors (Lipinski definition) is 3. The summed E-state index contributed by atoms with van der Waals surface area (Å²) in [5, 5.41) is 0. The van der Waals surface area contributed by atoms with E-state index in [9.17, 15) is 14.4 Å². The van der Waals surface area contributed by atoms with Crippen LogP contribution in [0.15, 0.2) is 48.5 Å². The lowest BCUT2D eigenvalue weighted by Gasteiger charge is -2.28. The second-order valence-corrected chi connectivity index (χ2v) is 7.46. The normalized spacial score (nSPS) is 13.8. The Morgan fingerprint density at radius 2 is 1.42 bits per heavy atom. The van der Waals surface area contributed by atoms with Crippen molar-refractivity contribution in [2.45, 2.75) is 26.2 Å². The van der Waals surface area contributed by atoms with Crippen molar-refractivity contribution in [1.29, 1.82) is 0 Å². The van der Waals surface area contributed by atoms with Crippen LogP contribution >= 0.6 is 0 Å². The molecule has 5 heteroatoms. The maximum atomic E-state index is 12.8. The molecule has 3 amide bonds. The molecule has 26 heavy (non-hydrogen) atoms. The van der Waals surface area contributed by atoms with E-state index in [1.807, 2.05) is 24.3 Å². The van der Waals surface area contributed by atoms with Gasteiger partial charge in [0.25, 0.3) is 11.8 Å². The third-order valence-electron chi connectivity index (χ3n) is 4.62. The van der Waals surface area contributed by atoms with Gasteiger partial charge in [-0.1, -0.05) is 51.1 Å². The first-order valence-corrected chi connectivity index (χ1v) is 8.53. The minimum atomic E-state index is -0.420. The highest BCUT2D eigenvalue weighted by Crippen LogP contribution is 2.31. The summed E-state index contributed by atoms with van der Waals surface area (Å²) in [6, 6.07) is 14.3. The van der Waals surface area contributed by atoms with Crippen molar-refractivity contribution in [2.75, 3.05) is 18.5 Å². The summed E-state index contributed by atoms with van der Waals surface area (Å²) in [5.74, 6) is -1.15. The molecule has 134 valence electrons. The van der Waals surface area contributed by atoms with Gasteiger partial charge in [0.1, 0.15) is 6.54 Å². The van der Waals surface area contributed by atoms with Gasteiger partial charge in [0, 0.05) is 12.7 Å². The van der Waals surface area contributed by atoms with Crippen LogP contribution in [-0.4, -0.2) is 36.2 Å². The Morgan fingerprint density at radius 3 is 1.96 bits per heavy atom. The molecular weight excluding hydrogens is 328 g/mol.